The van der Waals surface area contributed by atoms with Crippen LogP contribution in [0.3, 0.4) is 0 Å². The van der Waals surface area contributed by atoms with Gasteiger partial charge in [-0.1, -0.05) is 0 Å². The number of nitrogens with zero attached hydrogens (tertiary/aromatic N) is 4. The van der Waals surface area contributed by atoms with E-state index < -0.39 is 39.3 Å². The highest BCUT2D eigenvalue weighted by molar-refractivity contribution is 7.79. The molecular weight excluding hydrogens is 692 g/mol. The number of halogens is 2. The van der Waals surface area contributed by atoms with E-state index in [9.17, 15) is 18.8 Å². The fourth-order valence-corrected chi connectivity index (χ4v) is 5.86. The molecular formula is C33H39F2N7O8S. The van der Waals surface area contributed by atoms with Crippen LogP contribution in [-0.2, 0) is 20.0 Å². The molecule has 0 atom stereocenters. The van der Waals surface area contributed by atoms with Crippen LogP contribution in [0.1, 0.15) is 25.7 Å². The minimum Gasteiger partial charge on any atom is -0.457 e. The van der Waals surface area contributed by atoms with Gasteiger partial charge < -0.3 is 25.2 Å². The lowest BCUT2D eigenvalue weighted by Crippen LogP contribution is -2.53. The number of hydrogen-bond acceptors (Lipinski definition) is 9. The van der Waals surface area contributed by atoms with Gasteiger partial charge in [0.05, 0.1) is 5.69 Å². The number of benzene rings is 2. The molecule has 0 bridgehead atoms. The van der Waals surface area contributed by atoms with Crippen LogP contribution in [0.5, 0.6) is 11.5 Å². The summed E-state index contributed by atoms with van der Waals surface area (Å²) in [7, 11) is -2.53. The van der Waals surface area contributed by atoms with Gasteiger partial charge in [-0.2, -0.15) is 8.42 Å². The fourth-order valence-electron chi connectivity index (χ4n) is 5.86. The number of nitrogens with one attached hydrogen (secondary N) is 3. The van der Waals surface area contributed by atoms with Gasteiger partial charge in [0.2, 0.25) is 11.8 Å². The van der Waals surface area contributed by atoms with E-state index in [4.69, 9.17) is 22.3 Å². The van der Waals surface area contributed by atoms with Crippen LogP contribution in [0, 0.1) is 17.0 Å². The van der Waals surface area contributed by atoms with Crippen molar-refractivity contribution in [1.29, 1.82) is 0 Å². The Morgan fingerprint density at radius 2 is 1.45 bits per heavy atom. The third-order valence-corrected chi connectivity index (χ3v) is 8.92. The van der Waals surface area contributed by atoms with Crippen molar-refractivity contribution in [3.63, 3.8) is 0 Å². The minimum absolute atomic E-state index is 0.0997. The van der Waals surface area contributed by atoms with Crippen LogP contribution in [0.15, 0.2) is 60.8 Å². The molecule has 3 heterocycles. The van der Waals surface area contributed by atoms with Crippen molar-refractivity contribution in [3.8, 4) is 11.5 Å². The smallest absolute Gasteiger partial charge is 0.394 e. The Morgan fingerprint density at radius 1 is 0.843 bits per heavy atom. The number of likely N-dealkylation sites (tertiary alicyclic amines) is 1. The van der Waals surface area contributed by atoms with Gasteiger partial charge in [-0.25, -0.2) is 18.6 Å². The van der Waals surface area contributed by atoms with Gasteiger partial charge >= 0.3 is 16.4 Å². The molecule has 2 aliphatic heterocycles. The van der Waals surface area contributed by atoms with Gasteiger partial charge in [0.15, 0.2) is 0 Å². The zero-order valence-electron chi connectivity index (χ0n) is 27.7. The largest absolute Gasteiger partial charge is 0.457 e. The van der Waals surface area contributed by atoms with E-state index >= 15 is 4.39 Å². The summed E-state index contributed by atoms with van der Waals surface area (Å²) >= 11 is 0. The number of amides is 4. The van der Waals surface area contributed by atoms with Gasteiger partial charge in [-0.3, -0.25) is 28.9 Å². The molecule has 0 spiro atoms. The predicted octanol–water partition coefficient (Wildman–Crippen LogP) is 4.10. The Bertz CT molecular complexity index is 1820. The van der Waals surface area contributed by atoms with Crippen LogP contribution in [0.4, 0.5) is 30.8 Å². The van der Waals surface area contributed by atoms with Crippen LogP contribution >= 0.6 is 0 Å². The summed E-state index contributed by atoms with van der Waals surface area (Å²) in [6.45, 7) is 5.60. The molecule has 2 aromatic carbocycles. The summed E-state index contributed by atoms with van der Waals surface area (Å²) in [6.07, 6.45) is 3.97. The third kappa shape index (κ3) is 10.6. The van der Waals surface area contributed by atoms with E-state index in [2.05, 4.69) is 37.8 Å². The first-order chi connectivity index (χ1) is 24.2. The van der Waals surface area contributed by atoms with Gasteiger partial charge in [0.25, 0.3) is 0 Å². The molecule has 2 saturated heterocycles. The highest BCUT2D eigenvalue weighted by atomic mass is 32.3. The summed E-state index contributed by atoms with van der Waals surface area (Å²) in [5, 5.41) is 7.96. The standard InChI is InChI=1S/C33H37F2N7O4.H2O4S/c1-40-16-18-41(19-17-40)24-9-14-42(15-10-24)32(45)39-29-21-26(8-13-36-29)46-25-6-7-28(27(35)20-25)38-31(44)33(11-12-33)30(43)37-23-4-2-22(34)3-5-23;1-5(2,3)4/h2-8,13,20-21,24H,9-12,14-19H2,1H3,(H,37,43)(H,38,44)(H,36,39,45);(H2,1,2,3,4). The number of piperazine rings is 1. The lowest BCUT2D eigenvalue weighted by molar-refractivity contribution is -0.131. The number of carbonyl (C=O) groups excluding carboxylic acids is 3. The van der Waals surface area contributed by atoms with Crippen molar-refractivity contribution in [2.45, 2.75) is 31.7 Å². The van der Waals surface area contributed by atoms with E-state index in [1.54, 1.807) is 17.0 Å². The van der Waals surface area contributed by atoms with Gasteiger partial charge in [-0.05, 0) is 75.2 Å². The number of pyridine rings is 1. The van der Waals surface area contributed by atoms with Crippen molar-refractivity contribution >= 4 is 45.4 Å². The number of likely N-dealkylation sites (N-methyl/N-ethyl adjacent to an activating group) is 1. The molecule has 0 radical (unpaired) electrons. The number of carbonyl (C=O) groups is 3. The minimum atomic E-state index is -4.67. The number of hydrogen-bond donors (Lipinski definition) is 5. The molecule has 51 heavy (non-hydrogen) atoms. The Hall–Kier alpha value is -4.75. The maximum absolute atomic E-state index is 15.0. The average molecular weight is 732 g/mol. The second-order valence-electron chi connectivity index (χ2n) is 12.6. The van der Waals surface area contributed by atoms with Crippen LogP contribution in [0.2, 0.25) is 0 Å². The maximum atomic E-state index is 15.0. The topological polar surface area (TPSA) is 194 Å². The van der Waals surface area contributed by atoms with E-state index in [1.165, 1.54) is 42.6 Å². The molecule has 3 aromatic rings. The van der Waals surface area contributed by atoms with E-state index in [1.807, 2.05) is 0 Å². The summed E-state index contributed by atoms with van der Waals surface area (Å²) in [5.41, 5.74) is -1.07. The average Bonchev–Trinajstić information content (AvgIpc) is 3.90. The molecule has 1 saturated carbocycles. The first-order valence-electron chi connectivity index (χ1n) is 16.2. The Balaban J connectivity index is 0.000000943. The molecule has 0 unspecified atom stereocenters. The van der Waals surface area contributed by atoms with Crippen LogP contribution in [-0.4, -0.2) is 107 Å². The Kier molecular flexibility index (Phi) is 11.8. The van der Waals surface area contributed by atoms with E-state index in [0.29, 0.717) is 49.2 Å². The highest BCUT2D eigenvalue weighted by Crippen LogP contribution is 2.47. The third-order valence-electron chi connectivity index (χ3n) is 8.92. The lowest BCUT2D eigenvalue weighted by atomic mass is 10.0. The quantitative estimate of drug-likeness (QED) is 0.165. The lowest BCUT2D eigenvalue weighted by Gasteiger charge is -2.42. The zero-order valence-corrected chi connectivity index (χ0v) is 28.5. The van der Waals surface area contributed by atoms with Gasteiger partial charge in [-0.15, -0.1) is 0 Å². The molecule has 1 aromatic heterocycles. The second-order valence-corrected chi connectivity index (χ2v) is 13.4. The normalized spacial score (nSPS) is 17.8. The molecule has 6 rings (SSSR count). The molecule has 4 amide bonds. The van der Waals surface area contributed by atoms with Gasteiger partial charge in [0, 0.05) is 69.3 Å². The number of anilines is 3. The van der Waals surface area contributed by atoms with Gasteiger partial charge in [0.1, 0.15) is 34.4 Å². The number of aromatic nitrogens is 1. The highest BCUT2D eigenvalue weighted by Gasteiger charge is 2.56. The monoisotopic (exact) mass is 731 g/mol. The molecule has 1 aliphatic carbocycles. The van der Waals surface area contributed by atoms with Crippen molar-refractivity contribution < 1.29 is 45.4 Å². The predicted molar refractivity (Wildman–Crippen MR) is 183 cm³/mol. The number of rotatable bonds is 8. The zero-order chi connectivity index (χ0) is 36.8. The molecule has 274 valence electrons. The Labute approximate surface area is 293 Å². The molecule has 3 aliphatic rings. The van der Waals surface area contributed by atoms with Crippen molar-refractivity contribution in [3.05, 3.63) is 72.4 Å². The summed E-state index contributed by atoms with van der Waals surface area (Å²) in [6, 6.07) is 12.6. The second kappa shape index (κ2) is 16.1. The number of piperidine rings is 1. The van der Waals surface area contributed by atoms with E-state index in [0.717, 1.165) is 45.1 Å². The van der Waals surface area contributed by atoms with Crippen LogP contribution in [0.25, 0.3) is 0 Å². The molecule has 18 heteroatoms. The molecule has 15 nitrogen and oxygen atoms in total. The maximum Gasteiger partial charge on any atom is 0.394 e. The van der Waals surface area contributed by atoms with Crippen molar-refractivity contribution in [2.75, 3.05) is 62.3 Å². The number of urea groups is 1. The first kappa shape index (κ1) is 37.5. The fraction of sp³-hybridized carbons (Fsp3) is 0.394. The summed E-state index contributed by atoms with van der Waals surface area (Å²) in [5.74, 6) is -1.54. The summed E-state index contributed by atoms with van der Waals surface area (Å²) in [4.78, 5) is 49.6. The molecule has 3 fully saturated rings. The SMILES string of the molecule is CN1CCN(C2CCN(C(=O)Nc3cc(Oc4ccc(NC(=O)C5(C(=O)Nc6ccc(F)cc6)CC5)c(F)c4)ccn3)CC2)CC1.O=S(=O)(O)O. The van der Waals surface area contributed by atoms with E-state index in [-0.39, 0.29) is 17.5 Å². The number of ether oxygens (including phenoxy) is 1. The first-order valence-corrected chi connectivity index (χ1v) is 17.6. The van der Waals surface area contributed by atoms with Crippen molar-refractivity contribution in [1.82, 2.24) is 19.7 Å². The van der Waals surface area contributed by atoms with Crippen molar-refractivity contribution in [2.24, 2.45) is 5.41 Å². The summed E-state index contributed by atoms with van der Waals surface area (Å²) < 4.78 is 65.6. The molecule has 5 N–H and O–H groups in total. The Morgan fingerprint density at radius 3 is 2.06 bits per heavy atom. The van der Waals surface area contributed by atoms with Crippen LogP contribution < -0.4 is 20.7 Å².